The van der Waals surface area contributed by atoms with Crippen molar-refractivity contribution in [3.05, 3.63) is 51.7 Å². The average Bonchev–Trinajstić information content (AvgIpc) is 2.76. The highest BCUT2D eigenvalue weighted by atomic mass is 32.1. The molecule has 0 saturated carbocycles. The number of ketones is 1. The Bertz CT molecular complexity index is 559. The first-order valence-corrected chi connectivity index (χ1v) is 7.33. The normalized spacial score (nSPS) is 10.5. The molecule has 0 fully saturated rings. The zero-order valence-electron chi connectivity index (χ0n) is 11.6. The van der Waals surface area contributed by atoms with Crippen molar-refractivity contribution in [3.8, 4) is 0 Å². The van der Waals surface area contributed by atoms with Crippen LogP contribution in [0.15, 0.2) is 36.4 Å². The average molecular weight is 273 g/mol. The number of rotatable bonds is 5. The number of nitrogens with zero attached hydrogens (tertiary/aromatic N) is 1. The third-order valence-electron chi connectivity index (χ3n) is 3.18. The van der Waals surface area contributed by atoms with E-state index in [1.807, 2.05) is 50.2 Å². The molecule has 1 aromatic heterocycles. The smallest absolute Gasteiger partial charge is 0.183 e. The van der Waals surface area contributed by atoms with Crippen molar-refractivity contribution >= 4 is 22.8 Å². The van der Waals surface area contributed by atoms with E-state index >= 15 is 0 Å². The summed E-state index contributed by atoms with van der Waals surface area (Å²) in [5, 5.41) is 0. The third kappa shape index (κ3) is 3.24. The first-order valence-electron chi connectivity index (χ1n) is 6.52. The first-order chi connectivity index (χ1) is 9.11. The molecule has 0 N–H and O–H groups in total. The van der Waals surface area contributed by atoms with Gasteiger partial charge in [-0.15, -0.1) is 11.3 Å². The van der Waals surface area contributed by atoms with Gasteiger partial charge in [-0.1, -0.05) is 18.2 Å². The predicted octanol–water partition coefficient (Wildman–Crippen LogP) is 4.07. The molecular weight excluding hydrogens is 254 g/mol. The molecule has 1 heterocycles. The second-order valence-electron chi connectivity index (χ2n) is 4.60. The van der Waals surface area contributed by atoms with Crippen LogP contribution < -0.4 is 4.90 Å². The van der Waals surface area contributed by atoms with Crippen LogP contribution in [0.5, 0.6) is 0 Å². The van der Waals surface area contributed by atoms with Crippen LogP contribution in [0.2, 0.25) is 0 Å². The topological polar surface area (TPSA) is 20.3 Å². The van der Waals surface area contributed by atoms with Crippen molar-refractivity contribution in [1.82, 2.24) is 0 Å². The number of benzene rings is 1. The lowest BCUT2D eigenvalue weighted by molar-refractivity contribution is 0.0999. The van der Waals surface area contributed by atoms with Gasteiger partial charge < -0.3 is 4.90 Å². The number of thiophene rings is 1. The lowest BCUT2D eigenvalue weighted by Crippen LogP contribution is -2.29. The van der Waals surface area contributed by atoms with Gasteiger partial charge in [0.2, 0.25) is 0 Å². The van der Waals surface area contributed by atoms with Gasteiger partial charge in [0.25, 0.3) is 0 Å². The molecule has 0 atom stereocenters. The van der Waals surface area contributed by atoms with Crippen LogP contribution in [-0.4, -0.2) is 18.9 Å². The molecule has 0 unspecified atom stereocenters. The monoisotopic (exact) mass is 273 g/mol. The Morgan fingerprint density at radius 1 is 1.21 bits per heavy atom. The molecule has 3 heteroatoms. The molecule has 2 aromatic rings. The zero-order valence-corrected chi connectivity index (χ0v) is 12.5. The van der Waals surface area contributed by atoms with Crippen LogP contribution in [0.4, 0.5) is 5.69 Å². The van der Waals surface area contributed by atoms with Gasteiger partial charge in [0, 0.05) is 27.5 Å². The van der Waals surface area contributed by atoms with Crippen LogP contribution in [0.1, 0.15) is 27.0 Å². The number of para-hydroxylation sites is 1. The van der Waals surface area contributed by atoms with Crippen LogP contribution >= 0.6 is 11.3 Å². The minimum Gasteiger partial charge on any atom is -0.364 e. The standard InChI is InChI=1S/C16H19NOS/c1-4-17(14-8-6-5-7-9-14)11-16(18)15-10-12(2)19-13(15)3/h5-10H,4,11H2,1-3H3. The number of anilines is 1. The van der Waals surface area contributed by atoms with Crippen LogP contribution in [0.25, 0.3) is 0 Å². The van der Waals surface area contributed by atoms with Crippen molar-refractivity contribution in [2.24, 2.45) is 0 Å². The van der Waals surface area contributed by atoms with E-state index in [-0.39, 0.29) is 5.78 Å². The Hall–Kier alpha value is -1.61. The molecule has 0 bridgehead atoms. The summed E-state index contributed by atoms with van der Waals surface area (Å²) in [5.74, 6) is 0.201. The number of carbonyl (C=O) groups excluding carboxylic acids is 1. The molecule has 0 radical (unpaired) electrons. The van der Waals surface area contributed by atoms with Gasteiger partial charge in [-0.3, -0.25) is 4.79 Å². The Kier molecular flexibility index (Phi) is 4.38. The van der Waals surface area contributed by atoms with Crippen molar-refractivity contribution in [3.63, 3.8) is 0 Å². The van der Waals surface area contributed by atoms with E-state index in [2.05, 4.69) is 11.8 Å². The van der Waals surface area contributed by atoms with Crippen LogP contribution in [0, 0.1) is 13.8 Å². The number of hydrogen-bond donors (Lipinski definition) is 0. The van der Waals surface area contributed by atoms with Gasteiger partial charge in [0.15, 0.2) is 5.78 Å². The first kappa shape index (κ1) is 13.8. The van der Waals surface area contributed by atoms with E-state index in [0.29, 0.717) is 6.54 Å². The van der Waals surface area contributed by atoms with Crippen molar-refractivity contribution < 1.29 is 4.79 Å². The summed E-state index contributed by atoms with van der Waals surface area (Å²) in [7, 11) is 0. The summed E-state index contributed by atoms with van der Waals surface area (Å²) in [6.07, 6.45) is 0. The predicted molar refractivity (Wildman–Crippen MR) is 82.5 cm³/mol. The van der Waals surface area contributed by atoms with Gasteiger partial charge in [-0.25, -0.2) is 0 Å². The fourth-order valence-electron chi connectivity index (χ4n) is 2.19. The molecule has 100 valence electrons. The molecule has 0 aliphatic carbocycles. The maximum Gasteiger partial charge on any atom is 0.183 e. The highest BCUT2D eigenvalue weighted by Gasteiger charge is 2.15. The summed E-state index contributed by atoms with van der Waals surface area (Å²) in [5.41, 5.74) is 1.97. The SMILES string of the molecule is CCN(CC(=O)c1cc(C)sc1C)c1ccccc1. The highest BCUT2D eigenvalue weighted by Crippen LogP contribution is 2.22. The van der Waals surface area contributed by atoms with Crippen molar-refractivity contribution in [2.45, 2.75) is 20.8 Å². The van der Waals surface area contributed by atoms with E-state index in [9.17, 15) is 4.79 Å². The van der Waals surface area contributed by atoms with Gasteiger partial charge in [-0.05, 0) is 39.0 Å². The van der Waals surface area contributed by atoms with Crippen LogP contribution in [-0.2, 0) is 0 Å². The van der Waals surface area contributed by atoms with Crippen molar-refractivity contribution in [2.75, 3.05) is 18.0 Å². The Labute approximate surface area is 118 Å². The maximum atomic E-state index is 12.4. The Balaban J connectivity index is 2.15. The molecule has 19 heavy (non-hydrogen) atoms. The van der Waals surface area contributed by atoms with Crippen molar-refractivity contribution in [1.29, 1.82) is 0 Å². The number of hydrogen-bond acceptors (Lipinski definition) is 3. The number of carbonyl (C=O) groups is 1. The summed E-state index contributed by atoms with van der Waals surface area (Å²) in [6.45, 7) is 7.41. The summed E-state index contributed by atoms with van der Waals surface area (Å²) < 4.78 is 0. The van der Waals surface area contributed by atoms with E-state index in [4.69, 9.17) is 0 Å². The molecule has 1 aromatic carbocycles. The molecule has 0 aliphatic rings. The molecule has 0 amide bonds. The highest BCUT2D eigenvalue weighted by molar-refractivity contribution is 7.12. The van der Waals surface area contributed by atoms with E-state index in [0.717, 1.165) is 22.7 Å². The summed E-state index contributed by atoms with van der Waals surface area (Å²) in [6, 6.07) is 12.1. The molecule has 0 aliphatic heterocycles. The Morgan fingerprint density at radius 2 is 1.89 bits per heavy atom. The Morgan fingerprint density at radius 3 is 2.42 bits per heavy atom. The lowest BCUT2D eigenvalue weighted by Gasteiger charge is -2.22. The fraction of sp³-hybridized carbons (Fsp3) is 0.312. The van der Waals surface area contributed by atoms with E-state index in [1.54, 1.807) is 11.3 Å². The van der Waals surface area contributed by atoms with Crippen LogP contribution in [0.3, 0.4) is 0 Å². The minimum absolute atomic E-state index is 0.201. The minimum atomic E-state index is 0.201. The molecular formula is C16H19NOS. The largest absolute Gasteiger partial charge is 0.364 e. The fourth-order valence-corrected chi connectivity index (χ4v) is 3.13. The maximum absolute atomic E-state index is 12.4. The molecule has 0 saturated heterocycles. The number of likely N-dealkylation sites (N-methyl/N-ethyl adjacent to an activating group) is 1. The van der Waals surface area contributed by atoms with Gasteiger partial charge in [-0.2, -0.15) is 0 Å². The number of aryl methyl sites for hydroxylation is 2. The van der Waals surface area contributed by atoms with E-state index < -0.39 is 0 Å². The zero-order chi connectivity index (χ0) is 13.8. The number of Topliss-reactive ketones (excluding diaryl/α,β-unsaturated/α-hetero) is 1. The quantitative estimate of drug-likeness (QED) is 0.765. The second kappa shape index (κ2) is 6.02. The summed E-state index contributed by atoms with van der Waals surface area (Å²) >= 11 is 1.69. The van der Waals surface area contributed by atoms with Gasteiger partial charge in [0.1, 0.15) is 0 Å². The third-order valence-corrected chi connectivity index (χ3v) is 4.14. The van der Waals surface area contributed by atoms with E-state index in [1.165, 1.54) is 4.88 Å². The lowest BCUT2D eigenvalue weighted by atomic mass is 10.1. The second-order valence-corrected chi connectivity index (χ2v) is 6.06. The van der Waals surface area contributed by atoms with Gasteiger partial charge in [0.05, 0.1) is 6.54 Å². The molecule has 2 rings (SSSR count). The summed E-state index contributed by atoms with van der Waals surface area (Å²) in [4.78, 5) is 16.8. The van der Waals surface area contributed by atoms with Gasteiger partial charge >= 0.3 is 0 Å². The molecule has 2 nitrogen and oxygen atoms in total. The molecule has 0 spiro atoms.